The van der Waals surface area contributed by atoms with Gasteiger partial charge in [0.1, 0.15) is 5.60 Å². The highest BCUT2D eigenvalue weighted by Gasteiger charge is 2.26. The first-order valence-corrected chi connectivity index (χ1v) is 5.32. The molecular weight excluding hydrogens is 192 g/mol. The van der Waals surface area contributed by atoms with Crippen molar-refractivity contribution in [1.82, 2.24) is 0 Å². The normalized spacial score (nSPS) is 15.3. The monoisotopic (exact) mass is 214 g/mol. The van der Waals surface area contributed by atoms with Gasteiger partial charge in [-0.1, -0.05) is 5.92 Å². The molecule has 15 heavy (non-hydrogen) atoms. The lowest BCUT2D eigenvalue weighted by Gasteiger charge is -2.25. The van der Waals surface area contributed by atoms with Gasteiger partial charge in [-0.3, -0.25) is 0 Å². The van der Waals surface area contributed by atoms with Crippen molar-refractivity contribution in [2.24, 2.45) is 0 Å². The Morgan fingerprint density at radius 2 is 1.67 bits per heavy atom. The summed E-state index contributed by atoms with van der Waals surface area (Å²) in [4.78, 5) is 0. The lowest BCUT2D eigenvalue weighted by Crippen LogP contribution is -2.34. The molecule has 0 aliphatic rings. The van der Waals surface area contributed by atoms with Gasteiger partial charge in [0.15, 0.2) is 0 Å². The van der Waals surface area contributed by atoms with Crippen molar-refractivity contribution in [2.45, 2.75) is 57.7 Å². The fraction of sp³-hybridized carbons (Fsp3) is 0.833. The molecule has 0 aliphatic carbocycles. The zero-order valence-corrected chi connectivity index (χ0v) is 9.88. The minimum Gasteiger partial charge on any atom is -0.396 e. The van der Waals surface area contributed by atoms with Crippen LogP contribution in [0.2, 0.25) is 0 Å². The molecule has 88 valence electrons. The molecule has 0 aliphatic heterocycles. The van der Waals surface area contributed by atoms with E-state index in [-0.39, 0.29) is 13.0 Å². The highest BCUT2D eigenvalue weighted by Crippen LogP contribution is 2.18. The van der Waals surface area contributed by atoms with Gasteiger partial charge >= 0.3 is 0 Å². The molecule has 0 bridgehead atoms. The number of hydrogen-bond donors (Lipinski definition) is 3. The molecule has 0 rings (SSSR count). The van der Waals surface area contributed by atoms with Crippen molar-refractivity contribution in [1.29, 1.82) is 0 Å². The van der Waals surface area contributed by atoms with Gasteiger partial charge in [-0.15, -0.1) is 5.92 Å². The predicted molar refractivity (Wildman–Crippen MR) is 60.3 cm³/mol. The third-order valence-corrected chi connectivity index (χ3v) is 1.84. The lowest BCUT2D eigenvalue weighted by molar-refractivity contribution is -0.00422. The van der Waals surface area contributed by atoms with Crippen molar-refractivity contribution < 1.29 is 15.3 Å². The summed E-state index contributed by atoms with van der Waals surface area (Å²) < 4.78 is 0. The van der Waals surface area contributed by atoms with Crippen molar-refractivity contribution in [3.8, 4) is 11.8 Å². The molecule has 3 N–H and O–H groups in total. The SMILES string of the molecule is CC(C)(O)C[C@](C)(O)C#CCCCCO. The maximum Gasteiger partial charge on any atom is 0.125 e. The van der Waals surface area contributed by atoms with Crippen LogP contribution in [0.3, 0.4) is 0 Å². The summed E-state index contributed by atoms with van der Waals surface area (Å²) in [7, 11) is 0. The number of aliphatic hydroxyl groups is 3. The van der Waals surface area contributed by atoms with E-state index < -0.39 is 11.2 Å². The summed E-state index contributed by atoms with van der Waals surface area (Å²) >= 11 is 0. The van der Waals surface area contributed by atoms with Crippen LogP contribution in [-0.2, 0) is 0 Å². The van der Waals surface area contributed by atoms with E-state index in [1.807, 2.05) is 0 Å². The van der Waals surface area contributed by atoms with Crippen LogP contribution in [0.5, 0.6) is 0 Å². The topological polar surface area (TPSA) is 60.7 Å². The van der Waals surface area contributed by atoms with Gasteiger partial charge in [0.05, 0.1) is 5.60 Å². The molecule has 3 nitrogen and oxygen atoms in total. The number of aliphatic hydroxyl groups excluding tert-OH is 1. The summed E-state index contributed by atoms with van der Waals surface area (Å²) in [5.41, 5.74) is -2.05. The number of hydrogen-bond acceptors (Lipinski definition) is 3. The van der Waals surface area contributed by atoms with Crippen LogP contribution in [-0.4, -0.2) is 33.1 Å². The summed E-state index contributed by atoms with van der Waals surface area (Å²) in [6.45, 7) is 5.08. The number of rotatable bonds is 5. The first-order chi connectivity index (χ1) is 6.77. The molecule has 0 radical (unpaired) electrons. The van der Waals surface area contributed by atoms with Crippen LogP contribution in [0.25, 0.3) is 0 Å². The molecule has 0 saturated heterocycles. The van der Waals surface area contributed by atoms with Crippen molar-refractivity contribution in [3.05, 3.63) is 0 Å². The lowest BCUT2D eigenvalue weighted by atomic mass is 9.91. The van der Waals surface area contributed by atoms with Crippen LogP contribution in [0.4, 0.5) is 0 Å². The van der Waals surface area contributed by atoms with Crippen LogP contribution < -0.4 is 0 Å². The van der Waals surface area contributed by atoms with E-state index in [1.54, 1.807) is 20.8 Å². The number of unbranched alkanes of at least 4 members (excludes halogenated alkanes) is 2. The van der Waals surface area contributed by atoms with Crippen LogP contribution in [0, 0.1) is 11.8 Å². The Hall–Kier alpha value is -0.560. The minimum absolute atomic E-state index is 0.182. The standard InChI is InChI=1S/C12H22O3/c1-11(2,14)10-12(3,15)8-6-4-5-7-9-13/h13-15H,4-5,7,9-10H2,1-3H3/t12-/m1/s1. The Balaban J connectivity index is 4.01. The van der Waals surface area contributed by atoms with Crippen LogP contribution in [0.15, 0.2) is 0 Å². The fourth-order valence-electron chi connectivity index (χ4n) is 1.46. The van der Waals surface area contributed by atoms with E-state index >= 15 is 0 Å². The summed E-state index contributed by atoms with van der Waals surface area (Å²) in [5, 5.41) is 27.9. The first-order valence-electron chi connectivity index (χ1n) is 5.32. The van der Waals surface area contributed by atoms with E-state index in [0.29, 0.717) is 6.42 Å². The third-order valence-electron chi connectivity index (χ3n) is 1.84. The zero-order valence-electron chi connectivity index (χ0n) is 9.88. The second-order valence-corrected chi connectivity index (χ2v) is 4.75. The average Bonchev–Trinajstić information content (AvgIpc) is 1.99. The molecule has 0 aromatic carbocycles. The maximum atomic E-state index is 9.82. The molecule has 0 aromatic rings. The molecule has 0 spiro atoms. The van der Waals surface area contributed by atoms with E-state index in [0.717, 1.165) is 12.8 Å². The van der Waals surface area contributed by atoms with E-state index in [4.69, 9.17) is 5.11 Å². The Labute approximate surface area is 92.1 Å². The molecule has 0 saturated carbocycles. The molecule has 1 atom stereocenters. The summed E-state index contributed by atoms with van der Waals surface area (Å²) in [6, 6.07) is 0. The van der Waals surface area contributed by atoms with Crippen molar-refractivity contribution in [3.63, 3.8) is 0 Å². The fourth-order valence-corrected chi connectivity index (χ4v) is 1.46. The van der Waals surface area contributed by atoms with Gasteiger partial charge < -0.3 is 15.3 Å². The van der Waals surface area contributed by atoms with Crippen molar-refractivity contribution in [2.75, 3.05) is 6.61 Å². The zero-order chi connectivity index (χ0) is 11.9. The maximum absolute atomic E-state index is 9.82. The van der Waals surface area contributed by atoms with Crippen LogP contribution >= 0.6 is 0 Å². The summed E-state index contributed by atoms with van der Waals surface area (Å²) in [6.07, 6.45) is 2.47. The van der Waals surface area contributed by atoms with Crippen LogP contribution in [0.1, 0.15) is 46.5 Å². The van der Waals surface area contributed by atoms with E-state index in [1.165, 1.54) is 0 Å². The van der Waals surface area contributed by atoms with E-state index in [9.17, 15) is 10.2 Å². The Morgan fingerprint density at radius 1 is 1.07 bits per heavy atom. The third kappa shape index (κ3) is 9.74. The quantitative estimate of drug-likeness (QED) is 0.474. The van der Waals surface area contributed by atoms with Gasteiger partial charge in [-0.05, 0) is 33.6 Å². The van der Waals surface area contributed by atoms with Gasteiger partial charge in [0.2, 0.25) is 0 Å². The highest BCUT2D eigenvalue weighted by atomic mass is 16.3. The molecular formula is C12H22O3. The molecule has 0 aromatic heterocycles. The molecule has 0 fully saturated rings. The molecule has 3 heteroatoms. The Morgan fingerprint density at radius 3 is 2.13 bits per heavy atom. The van der Waals surface area contributed by atoms with Gasteiger partial charge in [0, 0.05) is 19.4 Å². The van der Waals surface area contributed by atoms with Crippen molar-refractivity contribution >= 4 is 0 Å². The smallest absolute Gasteiger partial charge is 0.125 e. The minimum atomic E-state index is -1.14. The molecule has 0 heterocycles. The Bertz CT molecular complexity index is 227. The molecule has 0 unspecified atom stereocenters. The molecule has 0 amide bonds. The largest absolute Gasteiger partial charge is 0.396 e. The van der Waals surface area contributed by atoms with Gasteiger partial charge in [-0.25, -0.2) is 0 Å². The highest BCUT2D eigenvalue weighted by molar-refractivity contribution is 5.13. The first kappa shape index (κ1) is 14.4. The van der Waals surface area contributed by atoms with Gasteiger partial charge in [-0.2, -0.15) is 0 Å². The Kier molecular flexibility index (Phi) is 5.89. The van der Waals surface area contributed by atoms with E-state index in [2.05, 4.69) is 11.8 Å². The average molecular weight is 214 g/mol. The predicted octanol–water partition coefficient (Wildman–Crippen LogP) is 1.06. The second-order valence-electron chi connectivity index (χ2n) is 4.75. The van der Waals surface area contributed by atoms with Gasteiger partial charge in [0.25, 0.3) is 0 Å². The summed E-state index contributed by atoms with van der Waals surface area (Å²) in [5.74, 6) is 5.60. The second kappa shape index (κ2) is 6.12.